The van der Waals surface area contributed by atoms with Crippen LogP contribution in [-0.4, -0.2) is 5.91 Å². The number of nitrogens with two attached hydrogens (primary N) is 1. The van der Waals surface area contributed by atoms with Crippen molar-refractivity contribution in [1.29, 1.82) is 0 Å². The molecule has 0 atom stereocenters. The molecule has 0 aromatic heterocycles. The van der Waals surface area contributed by atoms with Gasteiger partial charge < -0.3 is 11.1 Å². The highest BCUT2D eigenvalue weighted by atomic mass is 79.9. The fourth-order valence-corrected chi connectivity index (χ4v) is 2.65. The summed E-state index contributed by atoms with van der Waals surface area (Å²) >= 11 is 12.6. The van der Waals surface area contributed by atoms with Crippen LogP contribution in [0.15, 0.2) is 45.3 Å². The lowest BCUT2D eigenvalue weighted by molar-refractivity contribution is 0.102. The van der Waals surface area contributed by atoms with Crippen LogP contribution in [0.25, 0.3) is 0 Å². The van der Waals surface area contributed by atoms with Crippen LogP contribution in [-0.2, 0) is 0 Å². The van der Waals surface area contributed by atoms with Crippen molar-refractivity contribution >= 4 is 60.7 Å². The van der Waals surface area contributed by atoms with Gasteiger partial charge in [0.1, 0.15) is 0 Å². The molecule has 2 rings (SSSR count). The van der Waals surface area contributed by atoms with Gasteiger partial charge in [-0.1, -0.05) is 43.5 Å². The van der Waals surface area contributed by atoms with E-state index in [1.165, 1.54) is 0 Å². The molecule has 0 radical (unpaired) electrons. The van der Waals surface area contributed by atoms with Gasteiger partial charge in [-0.2, -0.15) is 0 Å². The largest absolute Gasteiger partial charge is 0.397 e. The van der Waals surface area contributed by atoms with E-state index in [0.29, 0.717) is 22.0 Å². The van der Waals surface area contributed by atoms with E-state index in [1.807, 2.05) is 0 Å². The Morgan fingerprint density at radius 1 is 1.11 bits per heavy atom. The molecule has 0 saturated carbocycles. The minimum absolute atomic E-state index is 0.300. The maximum Gasteiger partial charge on any atom is 0.257 e. The number of rotatable bonds is 2. The molecule has 0 bridgehead atoms. The summed E-state index contributed by atoms with van der Waals surface area (Å²) in [5.41, 5.74) is 7.25. The first-order valence-corrected chi connectivity index (χ1v) is 7.25. The number of hydrogen-bond acceptors (Lipinski definition) is 2. The Balaban J connectivity index is 2.25. The van der Waals surface area contributed by atoms with Crippen LogP contribution in [0, 0.1) is 0 Å². The van der Waals surface area contributed by atoms with E-state index >= 15 is 0 Å². The van der Waals surface area contributed by atoms with Gasteiger partial charge in [0.15, 0.2) is 0 Å². The predicted octanol–water partition coefficient (Wildman–Crippen LogP) is 4.70. The summed E-state index contributed by atoms with van der Waals surface area (Å²) in [6.07, 6.45) is 0. The zero-order valence-electron chi connectivity index (χ0n) is 9.58. The van der Waals surface area contributed by atoms with Crippen molar-refractivity contribution in [2.75, 3.05) is 11.1 Å². The van der Waals surface area contributed by atoms with Crippen molar-refractivity contribution in [2.24, 2.45) is 0 Å². The first kappa shape index (κ1) is 14.4. The molecule has 0 fully saturated rings. The number of nitrogen functional groups attached to an aromatic ring is 1. The molecule has 0 aliphatic carbocycles. The molecule has 2 aromatic rings. The number of anilines is 2. The Morgan fingerprint density at radius 2 is 1.74 bits per heavy atom. The molecule has 0 heterocycles. The van der Waals surface area contributed by atoms with E-state index in [4.69, 9.17) is 17.3 Å². The molecule has 2 aromatic carbocycles. The maximum atomic E-state index is 12.1. The SMILES string of the molecule is Nc1cc(Br)ccc1NC(=O)c1ccc(Br)cc1Cl. The molecule has 0 aliphatic heterocycles. The topological polar surface area (TPSA) is 55.1 Å². The fourth-order valence-electron chi connectivity index (χ4n) is 1.51. The average molecular weight is 404 g/mol. The van der Waals surface area contributed by atoms with Gasteiger partial charge in [-0.25, -0.2) is 0 Å². The van der Waals surface area contributed by atoms with Crippen LogP contribution in [0.5, 0.6) is 0 Å². The number of halogens is 3. The maximum absolute atomic E-state index is 12.1. The molecule has 98 valence electrons. The summed E-state index contributed by atoms with van der Waals surface area (Å²) in [7, 11) is 0. The Bertz CT molecular complexity index is 647. The molecule has 3 nitrogen and oxygen atoms in total. The Kier molecular flexibility index (Phi) is 4.50. The van der Waals surface area contributed by atoms with Crippen LogP contribution in [0.1, 0.15) is 10.4 Å². The van der Waals surface area contributed by atoms with Crippen molar-refractivity contribution in [1.82, 2.24) is 0 Å². The molecule has 1 amide bonds. The molecular weight excluding hydrogens is 395 g/mol. The number of benzene rings is 2. The first-order valence-electron chi connectivity index (χ1n) is 5.29. The summed E-state index contributed by atoms with van der Waals surface area (Å²) < 4.78 is 1.67. The second kappa shape index (κ2) is 5.94. The number of amides is 1. The van der Waals surface area contributed by atoms with Crippen molar-refractivity contribution in [3.05, 3.63) is 55.9 Å². The molecule has 0 saturated heterocycles. The molecular formula is C13H9Br2ClN2O. The van der Waals surface area contributed by atoms with Crippen molar-refractivity contribution in [3.63, 3.8) is 0 Å². The van der Waals surface area contributed by atoms with Gasteiger partial charge in [-0.05, 0) is 36.4 Å². The number of hydrogen-bond donors (Lipinski definition) is 2. The lowest BCUT2D eigenvalue weighted by Crippen LogP contribution is -2.13. The number of nitrogens with one attached hydrogen (secondary N) is 1. The van der Waals surface area contributed by atoms with Gasteiger partial charge in [0, 0.05) is 8.95 Å². The quantitative estimate of drug-likeness (QED) is 0.713. The number of carbonyl (C=O) groups excluding carboxylic acids is 1. The van der Waals surface area contributed by atoms with E-state index < -0.39 is 0 Å². The summed E-state index contributed by atoms with van der Waals surface area (Å²) in [5, 5.41) is 3.11. The monoisotopic (exact) mass is 402 g/mol. The Morgan fingerprint density at radius 3 is 2.37 bits per heavy atom. The third-order valence-corrected chi connectivity index (χ3v) is 3.74. The highest BCUT2D eigenvalue weighted by Crippen LogP contribution is 2.26. The smallest absolute Gasteiger partial charge is 0.257 e. The molecule has 19 heavy (non-hydrogen) atoms. The lowest BCUT2D eigenvalue weighted by atomic mass is 10.2. The van der Waals surface area contributed by atoms with E-state index in [0.717, 1.165) is 8.95 Å². The van der Waals surface area contributed by atoms with Gasteiger partial charge in [-0.15, -0.1) is 0 Å². The van der Waals surface area contributed by atoms with Crippen molar-refractivity contribution < 1.29 is 4.79 Å². The average Bonchev–Trinajstić information content (AvgIpc) is 2.32. The van der Waals surface area contributed by atoms with Gasteiger partial charge >= 0.3 is 0 Å². The molecule has 0 aliphatic rings. The predicted molar refractivity (Wildman–Crippen MR) is 85.7 cm³/mol. The highest BCUT2D eigenvalue weighted by Gasteiger charge is 2.12. The van der Waals surface area contributed by atoms with E-state index in [1.54, 1.807) is 36.4 Å². The fraction of sp³-hybridized carbons (Fsp3) is 0. The highest BCUT2D eigenvalue weighted by molar-refractivity contribution is 9.10. The molecule has 3 N–H and O–H groups in total. The van der Waals surface area contributed by atoms with Crippen LogP contribution in [0.4, 0.5) is 11.4 Å². The number of carbonyl (C=O) groups is 1. The second-order valence-electron chi connectivity index (χ2n) is 3.81. The van der Waals surface area contributed by atoms with E-state index in [2.05, 4.69) is 37.2 Å². The third-order valence-electron chi connectivity index (χ3n) is 2.44. The summed E-state index contributed by atoms with van der Waals surface area (Å²) in [5.74, 6) is -0.300. The van der Waals surface area contributed by atoms with Gasteiger partial charge in [0.05, 0.1) is 22.0 Å². The Hall–Kier alpha value is -1.04. The normalized spacial score (nSPS) is 10.3. The van der Waals surface area contributed by atoms with Gasteiger partial charge in [0.2, 0.25) is 0 Å². The standard InChI is InChI=1S/C13H9Br2ClN2O/c14-7-1-3-9(10(16)5-7)13(19)18-12-4-2-8(15)6-11(12)17/h1-6H,17H2,(H,18,19). The third kappa shape index (κ3) is 3.49. The van der Waals surface area contributed by atoms with E-state index in [-0.39, 0.29) is 5.91 Å². The minimum Gasteiger partial charge on any atom is -0.397 e. The first-order chi connectivity index (χ1) is 8.97. The van der Waals surface area contributed by atoms with Crippen LogP contribution < -0.4 is 11.1 Å². The van der Waals surface area contributed by atoms with Crippen molar-refractivity contribution in [2.45, 2.75) is 0 Å². The van der Waals surface area contributed by atoms with Crippen LogP contribution >= 0.6 is 43.5 Å². The minimum atomic E-state index is -0.300. The van der Waals surface area contributed by atoms with Crippen molar-refractivity contribution in [3.8, 4) is 0 Å². The zero-order chi connectivity index (χ0) is 14.0. The molecule has 6 heteroatoms. The summed E-state index contributed by atoms with van der Waals surface area (Å²) in [4.78, 5) is 12.1. The second-order valence-corrected chi connectivity index (χ2v) is 6.05. The lowest BCUT2D eigenvalue weighted by Gasteiger charge is -2.09. The van der Waals surface area contributed by atoms with E-state index in [9.17, 15) is 4.79 Å². The van der Waals surface area contributed by atoms with Crippen LogP contribution in [0.3, 0.4) is 0 Å². The summed E-state index contributed by atoms with van der Waals surface area (Å²) in [6, 6.07) is 10.3. The molecule has 0 unspecified atom stereocenters. The van der Waals surface area contributed by atoms with Gasteiger partial charge in [-0.3, -0.25) is 4.79 Å². The zero-order valence-corrected chi connectivity index (χ0v) is 13.5. The summed E-state index contributed by atoms with van der Waals surface area (Å²) in [6.45, 7) is 0. The van der Waals surface area contributed by atoms with Gasteiger partial charge in [0.25, 0.3) is 5.91 Å². The Labute approximate surface area is 132 Å². The molecule has 0 spiro atoms. The van der Waals surface area contributed by atoms with Crippen LogP contribution in [0.2, 0.25) is 5.02 Å².